The second kappa shape index (κ2) is 19.9. The maximum Gasteiger partial charge on any atom is 0.373 e. The van der Waals surface area contributed by atoms with Gasteiger partial charge in [-0.2, -0.15) is 0 Å². The monoisotopic (exact) mass is 740 g/mol. The molecule has 0 amide bonds. The van der Waals surface area contributed by atoms with Crippen molar-refractivity contribution in [2.24, 2.45) is 35.5 Å². The lowest BCUT2D eigenvalue weighted by molar-refractivity contribution is -0.338. The van der Waals surface area contributed by atoms with E-state index >= 15 is 0 Å². The van der Waals surface area contributed by atoms with Crippen molar-refractivity contribution in [3.63, 3.8) is 0 Å². The molecule has 0 spiro atoms. The van der Waals surface area contributed by atoms with E-state index < -0.39 is 60.1 Å². The van der Waals surface area contributed by atoms with Crippen LogP contribution in [-0.4, -0.2) is 85.9 Å². The van der Waals surface area contributed by atoms with Gasteiger partial charge in [0, 0.05) is 44.3 Å². The molecule has 2 N–H and O–H groups in total. The molecule has 1 fully saturated rings. The van der Waals surface area contributed by atoms with E-state index in [0.29, 0.717) is 12.0 Å². The van der Waals surface area contributed by atoms with Gasteiger partial charge in [0.1, 0.15) is 18.3 Å². The molecule has 53 heavy (non-hydrogen) atoms. The Bertz CT molecular complexity index is 1460. The third kappa shape index (κ3) is 11.1. The van der Waals surface area contributed by atoms with Crippen LogP contribution >= 0.6 is 0 Å². The van der Waals surface area contributed by atoms with Crippen LogP contribution in [0.4, 0.5) is 0 Å². The van der Waals surface area contributed by atoms with Gasteiger partial charge < -0.3 is 38.6 Å². The largest absolute Gasteiger partial charge is 0.490 e. The number of ether oxygens (including phenoxy) is 6. The van der Waals surface area contributed by atoms with Gasteiger partial charge in [-0.25, -0.2) is 9.59 Å². The van der Waals surface area contributed by atoms with Crippen LogP contribution in [0.25, 0.3) is 0 Å². The number of aliphatic hydroxyl groups excluding tert-OH is 2. The highest BCUT2D eigenvalue weighted by Crippen LogP contribution is 2.44. The van der Waals surface area contributed by atoms with Crippen LogP contribution in [-0.2, 0) is 33.2 Å². The fourth-order valence-electron chi connectivity index (χ4n) is 7.75. The Morgan fingerprint density at radius 1 is 1.00 bits per heavy atom. The number of aliphatic hydroxyl groups is 2. The van der Waals surface area contributed by atoms with Crippen molar-refractivity contribution < 1.29 is 48.2 Å². The molecule has 0 unspecified atom stereocenters. The highest BCUT2D eigenvalue weighted by molar-refractivity contribution is 5.89. The molecule has 0 aromatic heterocycles. The Morgan fingerprint density at radius 3 is 2.25 bits per heavy atom. The van der Waals surface area contributed by atoms with E-state index in [1.165, 1.54) is 21.3 Å². The minimum absolute atomic E-state index is 0.0140. The molecule has 3 rings (SSSR count). The Morgan fingerprint density at radius 2 is 1.66 bits per heavy atom. The van der Waals surface area contributed by atoms with Crippen LogP contribution in [0.2, 0.25) is 0 Å². The number of methoxy groups -OCH3 is 3. The predicted molar refractivity (Wildman–Crippen MR) is 205 cm³/mol. The van der Waals surface area contributed by atoms with Gasteiger partial charge in [0.15, 0.2) is 5.79 Å². The molecule has 10 nitrogen and oxygen atoms in total. The maximum absolute atomic E-state index is 13.8. The smallest absolute Gasteiger partial charge is 0.373 e. The highest BCUT2D eigenvalue weighted by Gasteiger charge is 2.54. The molecule has 0 aliphatic carbocycles. The Hall–Kier alpha value is -3.28. The summed E-state index contributed by atoms with van der Waals surface area (Å²) in [7, 11) is 4.45. The topological polar surface area (TPSA) is 130 Å². The number of benzene rings is 1. The van der Waals surface area contributed by atoms with Crippen LogP contribution in [0.5, 0.6) is 0 Å². The van der Waals surface area contributed by atoms with Crippen LogP contribution in [0.1, 0.15) is 85.5 Å². The standard InChI is InChI=1S/C43H64O10/c1-25(2)39-30(7)36(51-41(46)33-18-14-13-15-19-33)24-43(50-12,53-39)32(9)38(45)31(8)40-34(48-10)20-16-17-26(3)21-28(5)37(44)29(6)22-27(4)23-35(49-11)42(47)52-40/h13-20,22-23,25,28-32,34,36-40,44-45H,21,24H2,1-12H3/b20-16+,26-17+,27-22+,35-23-/t28-,29+,30-,31-,32-,34-,36+,37-,38+,39+,40+,43+/m0/s1. The van der Waals surface area contributed by atoms with Gasteiger partial charge in [0.25, 0.3) is 0 Å². The number of allylic oxidation sites excluding steroid dienone is 5. The van der Waals surface area contributed by atoms with Gasteiger partial charge in [0.2, 0.25) is 5.76 Å². The first-order valence-electron chi connectivity index (χ1n) is 18.9. The average Bonchev–Trinajstić information content (AvgIpc) is 3.14. The van der Waals surface area contributed by atoms with E-state index in [-0.39, 0.29) is 42.0 Å². The van der Waals surface area contributed by atoms with Crippen molar-refractivity contribution in [3.05, 3.63) is 83.2 Å². The van der Waals surface area contributed by atoms with Crippen molar-refractivity contribution >= 4 is 11.9 Å². The zero-order valence-electron chi connectivity index (χ0n) is 33.8. The average molecular weight is 741 g/mol. The number of esters is 2. The number of hydrogen-bond acceptors (Lipinski definition) is 10. The number of carbonyl (C=O) groups excluding carboxylic acids is 2. The van der Waals surface area contributed by atoms with E-state index in [4.69, 9.17) is 28.4 Å². The van der Waals surface area contributed by atoms with Gasteiger partial charge in [0.05, 0.1) is 31.0 Å². The molecule has 296 valence electrons. The SMILES string of the molecule is CO/C1=C\C(C)=C\[C@@H](C)[C@@H](O)[C@@H](C)C/C(C)=C/C=C/[C@H](OC)[C@@H]([C@@H](C)[C@@H](O)[C@H](C)[C@@]2(OC)C[C@@H](OC(=O)c3ccccc3)[C@H](C)[C@@H](C(C)C)O2)OC1=O. The van der Waals surface area contributed by atoms with Crippen molar-refractivity contribution in [2.75, 3.05) is 21.3 Å². The van der Waals surface area contributed by atoms with Gasteiger partial charge in [-0.05, 0) is 50.3 Å². The summed E-state index contributed by atoms with van der Waals surface area (Å²) in [6.07, 6.45) is 5.54. The number of cyclic esters (lactones) is 1. The quantitative estimate of drug-likeness (QED) is 0.238. The summed E-state index contributed by atoms with van der Waals surface area (Å²) in [4.78, 5) is 27.0. The number of carbonyl (C=O) groups is 2. The summed E-state index contributed by atoms with van der Waals surface area (Å²) in [5.74, 6) is -4.27. The van der Waals surface area contributed by atoms with E-state index in [0.717, 1.165) is 11.1 Å². The lowest BCUT2D eigenvalue weighted by Crippen LogP contribution is -2.60. The molecule has 2 aliphatic heterocycles. The fraction of sp³-hybridized carbons (Fsp3) is 0.628. The molecule has 2 heterocycles. The zero-order chi connectivity index (χ0) is 39.6. The summed E-state index contributed by atoms with van der Waals surface area (Å²) in [5.41, 5.74) is 2.23. The van der Waals surface area contributed by atoms with Crippen molar-refractivity contribution in [1.29, 1.82) is 0 Å². The Balaban J connectivity index is 2.03. The number of hydrogen-bond donors (Lipinski definition) is 2. The first-order chi connectivity index (χ1) is 25.0. The molecular weight excluding hydrogens is 676 g/mol. The van der Waals surface area contributed by atoms with Crippen LogP contribution in [0.15, 0.2) is 77.6 Å². The Labute approximate surface area is 317 Å². The van der Waals surface area contributed by atoms with E-state index in [2.05, 4.69) is 0 Å². The molecular formula is C43H64O10. The third-order valence-corrected chi connectivity index (χ3v) is 11.1. The summed E-state index contributed by atoms with van der Waals surface area (Å²) >= 11 is 0. The van der Waals surface area contributed by atoms with Gasteiger partial charge >= 0.3 is 11.9 Å². The van der Waals surface area contributed by atoms with E-state index in [9.17, 15) is 19.8 Å². The highest BCUT2D eigenvalue weighted by atomic mass is 16.7. The predicted octanol–water partition coefficient (Wildman–Crippen LogP) is 7.21. The van der Waals surface area contributed by atoms with Crippen LogP contribution in [0.3, 0.4) is 0 Å². The van der Waals surface area contributed by atoms with Gasteiger partial charge in [-0.1, -0.05) is 102 Å². The Kier molecular flexibility index (Phi) is 16.5. The normalized spacial score (nSPS) is 36.0. The molecule has 10 heteroatoms. The van der Waals surface area contributed by atoms with Crippen molar-refractivity contribution in [3.8, 4) is 0 Å². The molecule has 1 saturated heterocycles. The van der Waals surface area contributed by atoms with E-state index in [1.54, 1.807) is 43.3 Å². The van der Waals surface area contributed by atoms with Crippen LogP contribution < -0.4 is 0 Å². The first kappa shape index (κ1) is 44.1. The number of rotatable bonds is 10. The molecule has 0 saturated carbocycles. The molecule has 1 aromatic rings. The second-order valence-electron chi connectivity index (χ2n) is 15.5. The van der Waals surface area contributed by atoms with Gasteiger partial charge in [-0.3, -0.25) is 0 Å². The van der Waals surface area contributed by atoms with E-state index in [1.807, 2.05) is 79.7 Å². The zero-order valence-corrected chi connectivity index (χ0v) is 33.8. The minimum atomic E-state index is -1.35. The lowest BCUT2D eigenvalue weighted by atomic mass is 9.76. The summed E-state index contributed by atoms with van der Waals surface area (Å²) in [6, 6.07) is 8.84. The fourth-order valence-corrected chi connectivity index (χ4v) is 7.75. The van der Waals surface area contributed by atoms with Crippen LogP contribution in [0, 0.1) is 35.5 Å². The second-order valence-corrected chi connectivity index (χ2v) is 15.5. The maximum atomic E-state index is 13.8. The molecule has 2 aliphatic rings. The minimum Gasteiger partial charge on any atom is -0.490 e. The van der Waals surface area contributed by atoms with Gasteiger partial charge in [-0.15, -0.1) is 0 Å². The molecule has 12 atom stereocenters. The lowest BCUT2D eigenvalue weighted by Gasteiger charge is -2.51. The molecule has 0 bridgehead atoms. The summed E-state index contributed by atoms with van der Waals surface area (Å²) < 4.78 is 36.7. The van der Waals surface area contributed by atoms with Crippen molar-refractivity contribution in [1.82, 2.24) is 0 Å². The third-order valence-electron chi connectivity index (χ3n) is 11.1. The summed E-state index contributed by atoms with van der Waals surface area (Å²) in [5, 5.41) is 23.2. The first-order valence-corrected chi connectivity index (χ1v) is 18.9. The molecule has 0 radical (unpaired) electrons. The summed E-state index contributed by atoms with van der Waals surface area (Å²) in [6.45, 7) is 17.5. The molecule has 1 aromatic carbocycles. The van der Waals surface area contributed by atoms with Crippen molar-refractivity contribution in [2.45, 2.75) is 118 Å².